The van der Waals surface area contributed by atoms with Gasteiger partial charge in [-0.05, 0) is 72.3 Å². The van der Waals surface area contributed by atoms with Crippen molar-refractivity contribution in [3.05, 3.63) is 95.8 Å². The number of rotatable bonds is 6. The van der Waals surface area contributed by atoms with Crippen LogP contribution in [0.15, 0.2) is 78.9 Å². The second kappa shape index (κ2) is 10.1. The van der Waals surface area contributed by atoms with Crippen molar-refractivity contribution in [3.8, 4) is 22.3 Å². The summed E-state index contributed by atoms with van der Waals surface area (Å²) in [7, 11) is 1.68. The zero-order valence-electron chi connectivity index (χ0n) is 18.5. The summed E-state index contributed by atoms with van der Waals surface area (Å²) in [6.45, 7) is 2.53. The fraction of sp³-hybridized carbons (Fsp3) is 0.310. The molecule has 0 N–H and O–H groups in total. The smallest absolute Gasteiger partial charge is 0.134 e. The van der Waals surface area contributed by atoms with Gasteiger partial charge < -0.3 is 4.74 Å². The molecule has 0 aromatic heterocycles. The summed E-state index contributed by atoms with van der Waals surface area (Å²) in [5.74, 6) is 0.815. The minimum absolute atomic E-state index is 0.0727. The summed E-state index contributed by atoms with van der Waals surface area (Å²) in [5.41, 5.74) is 5.77. The standard InChI is InChI=1S/C29H31FO/c1-3-7-21-10-12-25(13-11-21)28-26(20-31-2)18-19-27(29(28)30)24-16-14-23(15-17-24)22-8-5-4-6-9-22/h3-9,14-19,21,25H,10-13,20H2,1-2H3/b7-3+. The van der Waals surface area contributed by atoms with Gasteiger partial charge in [-0.25, -0.2) is 4.39 Å². The third-order valence-corrected chi connectivity index (χ3v) is 6.52. The Morgan fingerprint density at radius 2 is 1.48 bits per heavy atom. The van der Waals surface area contributed by atoms with E-state index in [4.69, 9.17) is 4.74 Å². The Morgan fingerprint density at radius 3 is 2.13 bits per heavy atom. The number of hydrogen-bond acceptors (Lipinski definition) is 1. The number of methoxy groups -OCH3 is 1. The van der Waals surface area contributed by atoms with Crippen LogP contribution in [0.25, 0.3) is 22.3 Å². The highest BCUT2D eigenvalue weighted by atomic mass is 19.1. The molecular weight excluding hydrogens is 383 g/mol. The van der Waals surface area contributed by atoms with Gasteiger partial charge in [0.15, 0.2) is 0 Å². The second-order valence-corrected chi connectivity index (χ2v) is 8.51. The fourth-order valence-corrected chi connectivity index (χ4v) is 4.92. The molecule has 1 aliphatic carbocycles. The highest BCUT2D eigenvalue weighted by Crippen LogP contribution is 2.41. The maximum Gasteiger partial charge on any atom is 0.134 e. The van der Waals surface area contributed by atoms with Crippen LogP contribution in [-0.4, -0.2) is 7.11 Å². The van der Waals surface area contributed by atoms with E-state index in [0.29, 0.717) is 18.1 Å². The van der Waals surface area contributed by atoms with Crippen molar-refractivity contribution in [2.24, 2.45) is 5.92 Å². The fourth-order valence-electron chi connectivity index (χ4n) is 4.92. The Balaban J connectivity index is 1.65. The van der Waals surface area contributed by atoms with Crippen LogP contribution >= 0.6 is 0 Å². The molecule has 0 radical (unpaired) electrons. The van der Waals surface area contributed by atoms with E-state index in [1.165, 1.54) is 5.56 Å². The molecule has 0 unspecified atom stereocenters. The maximum atomic E-state index is 15.9. The molecule has 160 valence electrons. The van der Waals surface area contributed by atoms with Gasteiger partial charge in [0.2, 0.25) is 0 Å². The Morgan fingerprint density at radius 1 is 0.839 bits per heavy atom. The summed E-state index contributed by atoms with van der Waals surface area (Å²) in [4.78, 5) is 0. The van der Waals surface area contributed by atoms with Crippen molar-refractivity contribution in [3.63, 3.8) is 0 Å². The Hall–Kier alpha value is -2.71. The van der Waals surface area contributed by atoms with Gasteiger partial charge in [-0.3, -0.25) is 0 Å². The van der Waals surface area contributed by atoms with E-state index in [-0.39, 0.29) is 11.7 Å². The topological polar surface area (TPSA) is 9.23 Å². The average Bonchev–Trinajstić information content (AvgIpc) is 2.81. The zero-order valence-corrected chi connectivity index (χ0v) is 18.5. The predicted octanol–water partition coefficient (Wildman–Crippen LogP) is 8.16. The van der Waals surface area contributed by atoms with Crippen LogP contribution in [0.2, 0.25) is 0 Å². The van der Waals surface area contributed by atoms with E-state index in [2.05, 4.69) is 49.4 Å². The first-order valence-electron chi connectivity index (χ1n) is 11.3. The molecule has 0 saturated heterocycles. The number of halogens is 1. The van der Waals surface area contributed by atoms with Gasteiger partial charge in [0.1, 0.15) is 5.82 Å². The molecule has 0 aliphatic heterocycles. The van der Waals surface area contributed by atoms with Crippen molar-refractivity contribution in [2.45, 2.75) is 45.1 Å². The Bertz CT molecular complexity index is 1010. The molecule has 0 atom stereocenters. The van der Waals surface area contributed by atoms with E-state index >= 15 is 4.39 Å². The van der Waals surface area contributed by atoms with Crippen LogP contribution in [0, 0.1) is 11.7 Å². The van der Waals surface area contributed by atoms with Crippen molar-refractivity contribution in [2.75, 3.05) is 7.11 Å². The quantitative estimate of drug-likeness (QED) is 0.370. The molecule has 1 aliphatic rings. The van der Waals surface area contributed by atoms with Crippen molar-refractivity contribution < 1.29 is 9.13 Å². The third-order valence-electron chi connectivity index (χ3n) is 6.52. The van der Waals surface area contributed by atoms with Gasteiger partial charge in [0.25, 0.3) is 0 Å². The minimum atomic E-state index is -0.0727. The monoisotopic (exact) mass is 414 g/mol. The minimum Gasteiger partial charge on any atom is -0.380 e. The van der Waals surface area contributed by atoms with Crippen LogP contribution in [0.5, 0.6) is 0 Å². The molecule has 4 rings (SSSR count). The van der Waals surface area contributed by atoms with E-state index in [1.807, 2.05) is 36.4 Å². The van der Waals surface area contributed by atoms with Crippen LogP contribution in [0.4, 0.5) is 4.39 Å². The number of ether oxygens (including phenoxy) is 1. The van der Waals surface area contributed by atoms with Crippen LogP contribution in [0.1, 0.15) is 49.7 Å². The second-order valence-electron chi connectivity index (χ2n) is 8.51. The van der Waals surface area contributed by atoms with Crippen LogP contribution in [-0.2, 0) is 11.3 Å². The lowest BCUT2D eigenvalue weighted by molar-refractivity contribution is 0.182. The first-order chi connectivity index (χ1) is 15.2. The maximum absolute atomic E-state index is 15.9. The summed E-state index contributed by atoms with van der Waals surface area (Å²) in [5, 5.41) is 0. The van der Waals surface area contributed by atoms with Crippen molar-refractivity contribution >= 4 is 0 Å². The molecule has 0 bridgehead atoms. The van der Waals surface area contributed by atoms with Gasteiger partial charge in [-0.2, -0.15) is 0 Å². The SMILES string of the molecule is C/C=C/C1CCC(c2c(COC)ccc(-c3ccc(-c4ccccc4)cc3)c2F)CC1. The lowest BCUT2D eigenvalue weighted by atomic mass is 9.76. The van der Waals surface area contributed by atoms with E-state index in [9.17, 15) is 0 Å². The molecule has 0 spiro atoms. The van der Waals surface area contributed by atoms with Crippen LogP contribution < -0.4 is 0 Å². The third kappa shape index (κ3) is 4.80. The zero-order chi connectivity index (χ0) is 21.6. The molecule has 0 amide bonds. The van der Waals surface area contributed by atoms with Gasteiger partial charge >= 0.3 is 0 Å². The van der Waals surface area contributed by atoms with E-state index in [1.54, 1.807) is 7.11 Å². The summed E-state index contributed by atoms with van der Waals surface area (Å²) >= 11 is 0. The van der Waals surface area contributed by atoms with E-state index < -0.39 is 0 Å². The molecule has 3 aromatic rings. The summed E-state index contributed by atoms with van der Waals surface area (Å²) in [6, 6.07) is 22.5. The first-order valence-corrected chi connectivity index (χ1v) is 11.3. The summed E-state index contributed by atoms with van der Waals surface area (Å²) in [6.07, 6.45) is 8.74. The van der Waals surface area contributed by atoms with Gasteiger partial charge in [0.05, 0.1) is 6.61 Å². The molecule has 1 nitrogen and oxygen atoms in total. The normalized spacial score (nSPS) is 19.1. The molecule has 1 fully saturated rings. The molecule has 31 heavy (non-hydrogen) atoms. The highest BCUT2D eigenvalue weighted by molar-refractivity contribution is 5.71. The molecule has 3 aromatic carbocycles. The number of benzene rings is 3. The number of allylic oxidation sites excluding steroid dienone is 2. The van der Waals surface area contributed by atoms with E-state index in [0.717, 1.165) is 47.9 Å². The molecular formula is C29H31FO. The van der Waals surface area contributed by atoms with Gasteiger partial charge in [-0.15, -0.1) is 0 Å². The molecule has 0 heterocycles. The molecule has 1 saturated carbocycles. The lowest BCUT2D eigenvalue weighted by Crippen LogP contribution is -2.15. The predicted molar refractivity (Wildman–Crippen MR) is 127 cm³/mol. The number of hydrogen-bond donors (Lipinski definition) is 0. The largest absolute Gasteiger partial charge is 0.380 e. The van der Waals surface area contributed by atoms with Crippen molar-refractivity contribution in [1.82, 2.24) is 0 Å². The lowest BCUT2D eigenvalue weighted by Gasteiger charge is -2.29. The van der Waals surface area contributed by atoms with Gasteiger partial charge in [-0.1, -0.05) is 78.9 Å². The Kier molecular flexibility index (Phi) is 6.99. The van der Waals surface area contributed by atoms with Gasteiger partial charge in [0, 0.05) is 12.7 Å². The highest BCUT2D eigenvalue weighted by Gasteiger charge is 2.27. The summed E-state index contributed by atoms with van der Waals surface area (Å²) < 4.78 is 21.3. The van der Waals surface area contributed by atoms with Crippen molar-refractivity contribution in [1.29, 1.82) is 0 Å². The first kappa shape index (κ1) is 21.5. The Labute approximate surface area is 185 Å². The molecule has 2 heteroatoms. The average molecular weight is 415 g/mol. The van der Waals surface area contributed by atoms with Crippen LogP contribution in [0.3, 0.4) is 0 Å².